The van der Waals surface area contributed by atoms with Crippen LogP contribution in [-0.2, 0) is 6.54 Å². The van der Waals surface area contributed by atoms with Crippen molar-refractivity contribution in [2.45, 2.75) is 6.54 Å². The van der Waals surface area contributed by atoms with E-state index in [0.29, 0.717) is 0 Å². The number of aromatic hydroxyl groups is 1. The molecule has 1 aromatic carbocycles. The zero-order chi connectivity index (χ0) is 10.0. The largest absolute Gasteiger partial charge is 0.505 e. The van der Waals surface area contributed by atoms with E-state index in [0.717, 1.165) is 6.07 Å². The number of rotatable bonds is 2. The van der Waals surface area contributed by atoms with Crippen LogP contribution in [0.1, 0.15) is 5.56 Å². The number of phenols is 1. The van der Waals surface area contributed by atoms with Gasteiger partial charge < -0.3 is 15.6 Å². The highest BCUT2D eigenvalue weighted by Gasteiger charge is 2.17. The minimum Gasteiger partial charge on any atom is -0.505 e. The van der Waals surface area contributed by atoms with Crippen molar-refractivity contribution in [1.82, 2.24) is 0 Å². The molecule has 0 unspecified atom stereocenters. The first kappa shape index (κ1) is 9.73. The second-order valence-corrected chi connectivity index (χ2v) is 2.41. The van der Waals surface area contributed by atoms with Crippen molar-refractivity contribution >= 4 is 0 Å². The molecule has 5 heteroatoms. The summed E-state index contributed by atoms with van der Waals surface area (Å²) in [5, 5.41) is 8.99. The Bertz CT molecular complexity index is 328. The topological polar surface area (TPSA) is 55.5 Å². The van der Waals surface area contributed by atoms with Gasteiger partial charge >= 0.3 is 0 Å². The second kappa shape index (κ2) is 3.57. The fraction of sp³-hybridized carbons (Fsp3) is 0.250. The molecule has 0 aliphatic carbocycles. The summed E-state index contributed by atoms with van der Waals surface area (Å²) in [5.74, 6) is -2.81. The molecule has 0 aliphatic rings. The molecule has 0 aromatic heterocycles. The van der Waals surface area contributed by atoms with Crippen molar-refractivity contribution in [3.63, 3.8) is 0 Å². The molecule has 0 saturated heterocycles. The Morgan fingerprint density at radius 1 is 1.46 bits per heavy atom. The van der Waals surface area contributed by atoms with Crippen molar-refractivity contribution in [3.05, 3.63) is 23.3 Å². The molecular formula is C8H9F2NO2. The van der Waals surface area contributed by atoms with Gasteiger partial charge in [-0.15, -0.1) is 0 Å². The van der Waals surface area contributed by atoms with Crippen LogP contribution in [0, 0.1) is 11.6 Å². The lowest BCUT2D eigenvalue weighted by Gasteiger charge is -2.08. The van der Waals surface area contributed by atoms with Crippen LogP contribution in [0.3, 0.4) is 0 Å². The molecule has 0 atom stereocenters. The molecule has 1 aromatic rings. The Balaban J connectivity index is 3.39. The van der Waals surface area contributed by atoms with Crippen LogP contribution in [-0.4, -0.2) is 12.2 Å². The number of hydrogen-bond donors (Lipinski definition) is 2. The quantitative estimate of drug-likeness (QED) is 0.733. The Morgan fingerprint density at radius 2 is 2.08 bits per heavy atom. The van der Waals surface area contributed by atoms with E-state index in [1.165, 1.54) is 7.11 Å². The van der Waals surface area contributed by atoms with E-state index < -0.39 is 17.4 Å². The fourth-order valence-corrected chi connectivity index (χ4v) is 0.978. The highest BCUT2D eigenvalue weighted by Crippen LogP contribution is 2.29. The molecule has 0 radical (unpaired) electrons. The van der Waals surface area contributed by atoms with E-state index in [-0.39, 0.29) is 17.9 Å². The maximum absolute atomic E-state index is 13.2. The molecule has 0 aliphatic heterocycles. The summed E-state index contributed by atoms with van der Waals surface area (Å²) in [7, 11) is 1.22. The molecule has 3 nitrogen and oxygen atoms in total. The van der Waals surface area contributed by atoms with Crippen molar-refractivity contribution in [3.8, 4) is 11.5 Å². The van der Waals surface area contributed by atoms with E-state index in [1.54, 1.807) is 0 Å². The van der Waals surface area contributed by atoms with Crippen LogP contribution < -0.4 is 10.5 Å². The summed E-state index contributed by atoms with van der Waals surface area (Å²) in [4.78, 5) is 0. The van der Waals surface area contributed by atoms with E-state index in [1.807, 2.05) is 0 Å². The Kier molecular flexibility index (Phi) is 2.67. The molecule has 0 saturated carbocycles. The molecule has 1 rings (SSSR count). The SMILES string of the molecule is COc1cc(O)c(F)c(CN)c1F. The van der Waals surface area contributed by atoms with Crippen LogP contribution in [0.2, 0.25) is 0 Å². The average molecular weight is 189 g/mol. The first-order valence-electron chi connectivity index (χ1n) is 3.55. The molecule has 0 bridgehead atoms. The van der Waals surface area contributed by atoms with Crippen molar-refractivity contribution in [2.75, 3.05) is 7.11 Å². The predicted molar refractivity (Wildman–Crippen MR) is 42.5 cm³/mol. The maximum atomic E-state index is 13.2. The highest BCUT2D eigenvalue weighted by atomic mass is 19.1. The van der Waals surface area contributed by atoms with E-state index in [2.05, 4.69) is 4.74 Å². The van der Waals surface area contributed by atoms with Crippen LogP contribution in [0.25, 0.3) is 0 Å². The van der Waals surface area contributed by atoms with Crippen LogP contribution in [0.15, 0.2) is 6.07 Å². The van der Waals surface area contributed by atoms with E-state index in [9.17, 15) is 8.78 Å². The lowest BCUT2D eigenvalue weighted by atomic mass is 10.1. The first-order valence-corrected chi connectivity index (χ1v) is 3.55. The van der Waals surface area contributed by atoms with Crippen LogP contribution in [0.5, 0.6) is 11.5 Å². The Hall–Kier alpha value is -1.36. The Labute approximate surface area is 73.7 Å². The minimum atomic E-state index is -1.04. The average Bonchev–Trinajstić information content (AvgIpc) is 2.12. The smallest absolute Gasteiger partial charge is 0.172 e. The minimum absolute atomic E-state index is 0.223. The summed E-state index contributed by atoms with van der Waals surface area (Å²) in [6.07, 6.45) is 0. The summed E-state index contributed by atoms with van der Waals surface area (Å²) >= 11 is 0. The van der Waals surface area contributed by atoms with Gasteiger partial charge in [0.25, 0.3) is 0 Å². The van der Waals surface area contributed by atoms with Gasteiger partial charge in [0, 0.05) is 18.2 Å². The number of benzene rings is 1. The van der Waals surface area contributed by atoms with Crippen molar-refractivity contribution in [1.29, 1.82) is 0 Å². The third kappa shape index (κ3) is 1.55. The van der Waals surface area contributed by atoms with E-state index in [4.69, 9.17) is 10.8 Å². The molecular weight excluding hydrogens is 180 g/mol. The highest BCUT2D eigenvalue weighted by molar-refractivity contribution is 5.40. The number of ether oxygens (including phenoxy) is 1. The summed E-state index contributed by atoms with van der Waals surface area (Å²) in [6, 6.07) is 0.865. The fourth-order valence-electron chi connectivity index (χ4n) is 0.978. The standard InChI is InChI=1S/C8H9F2NO2/c1-13-6-2-5(12)7(9)4(3-11)8(6)10/h2,12H,3,11H2,1H3. The number of halogens is 2. The summed E-state index contributed by atoms with van der Waals surface area (Å²) in [5.41, 5.74) is 4.72. The number of phenolic OH excluding ortho intramolecular Hbond substituents is 1. The van der Waals surface area contributed by atoms with Crippen molar-refractivity contribution in [2.24, 2.45) is 5.73 Å². The lowest BCUT2D eigenvalue weighted by molar-refractivity contribution is 0.366. The zero-order valence-electron chi connectivity index (χ0n) is 6.97. The predicted octanol–water partition coefficient (Wildman–Crippen LogP) is 1.14. The molecule has 0 spiro atoms. The molecule has 72 valence electrons. The van der Waals surface area contributed by atoms with Gasteiger partial charge in [0.05, 0.1) is 7.11 Å². The molecule has 0 amide bonds. The van der Waals surface area contributed by atoms with Crippen LogP contribution >= 0.6 is 0 Å². The third-order valence-corrected chi connectivity index (χ3v) is 1.66. The number of methoxy groups -OCH3 is 1. The van der Waals surface area contributed by atoms with Gasteiger partial charge in [0.15, 0.2) is 23.1 Å². The second-order valence-electron chi connectivity index (χ2n) is 2.41. The number of hydrogen-bond acceptors (Lipinski definition) is 3. The van der Waals surface area contributed by atoms with Gasteiger partial charge in [-0.25, -0.2) is 8.78 Å². The summed E-state index contributed by atoms with van der Waals surface area (Å²) < 4.78 is 30.7. The molecule has 3 N–H and O–H groups in total. The first-order chi connectivity index (χ1) is 6.11. The van der Waals surface area contributed by atoms with Gasteiger partial charge in [-0.3, -0.25) is 0 Å². The van der Waals surface area contributed by atoms with Crippen molar-refractivity contribution < 1.29 is 18.6 Å². The number of nitrogens with two attached hydrogens (primary N) is 1. The molecule has 13 heavy (non-hydrogen) atoms. The molecule has 0 fully saturated rings. The van der Waals surface area contributed by atoms with Gasteiger partial charge in [-0.1, -0.05) is 0 Å². The van der Waals surface area contributed by atoms with Gasteiger partial charge in [0.1, 0.15) is 0 Å². The van der Waals surface area contributed by atoms with E-state index >= 15 is 0 Å². The third-order valence-electron chi connectivity index (χ3n) is 1.66. The monoisotopic (exact) mass is 189 g/mol. The molecule has 0 heterocycles. The Morgan fingerprint density at radius 3 is 2.54 bits per heavy atom. The van der Waals surface area contributed by atoms with Crippen LogP contribution in [0.4, 0.5) is 8.78 Å². The van der Waals surface area contributed by atoms with Gasteiger partial charge in [-0.2, -0.15) is 0 Å². The normalized spacial score (nSPS) is 10.2. The maximum Gasteiger partial charge on any atom is 0.172 e. The van der Waals surface area contributed by atoms with Gasteiger partial charge in [-0.05, 0) is 0 Å². The summed E-state index contributed by atoms with van der Waals surface area (Å²) in [6.45, 7) is -0.331. The zero-order valence-corrected chi connectivity index (χ0v) is 6.97. The lowest BCUT2D eigenvalue weighted by Crippen LogP contribution is -2.05. The van der Waals surface area contributed by atoms with Gasteiger partial charge in [0.2, 0.25) is 0 Å².